The van der Waals surface area contributed by atoms with Crippen LogP contribution in [0.25, 0.3) is 29.1 Å². The van der Waals surface area contributed by atoms with Crippen LogP contribution in [0.15, 0.2) is 47.6 Å². The van der Waals surface area contributed by atoms with E-state index in [-0.39, 0.29) is 18.1 Å². The summed E-state index contributed by atoms with van der Waals surface area (Å²) in [6.45, 7) is 0.955. The second-order valence-electron chi connectivity index (χ2n) is 8.10. The molecule has 0 bridgehead atoms. The molecule has 1 aliphatic carbocycles. The van der Waals surface area contributed by atoms with Crippen molar-refractivity contribution in [2.24, 2.45) is 12.0 Å². The van der Waals surface area contributed by atoms with Gasteiger partial charge in [0.25, 0.3) is 0 Å². The van der Waals surface area contributed by atoms with E-state index >= 15 is 0 Å². The molecule has 3 N–H and O–H groups in total. The van der Waals surface area contributed by atoms with Crippen molar-refractivity contribution in [3.05, 3.63) is 69.9 Å². The SMILES string of the molecule is Cn1ccc(=NCCCC(=O)O)c2c1-c1c(O)[nH]c3c1=C(C=C2)N(c1ccc(F)cc1)CC=3. The summed E-state index contributed by atoms with van der Waals surface area (Å²) in [5.41, 5.74) is 4.06. The van der Waals surface area contributed by atoms with Crippen molar-refractivity contribution in [2.75, 3.05) is 18.0 Å². The number of aromatic amines is 1. The number of nitrogens with zero attached hydrogens (tertiary/aromatic N) is 3. The fourth-order valence-corrected chi connectivity index (χ4v) is 4.47. The Morgan fingerprint density at radius 1 is 1.21 bits per heavy atom. The van der Waals surface area contributed by atoms with Gasteiger partial charge in [-0.05, 0) is 55.0 Å². The van der Waals surface area contributed by atoms with E-state index < -0.39 is 5.97 Å². The number of aryl methyl sites for hydroxylation is 1. The average molecular weight is 446 g/mol. The van der Waals surface area contributed by atoms with Crippen molar-refractivity contribution in [3.8, 4) is 17.1 Å². The van der Waals surface area contributed by atoms with Gasteiger partial charge < -0.3 is 24.7 Å². The van der Waals surface area contributed by atoms with E-state index in [0.717, 1.165) is 38.6 Å². The van der Waals surface area contributed by atoms with Crippen molar-refractivity contribution in [1.82, 2.24) is 9.55 Å². The Balaban J connectivity index is 1.71. The molecule has 5 rings (SSSR count). The largest absolute Gasteiger partial charge is 0.494 e. The van der Waals surface area contributed by atoms with Crippen molar-refractivity contribution < 1.29 is 19.4 Å². The molecule has 33 heavy (non-hydrogen) atoms. The van der Waals surface area contributed by atoms with Crippen LogP contribution in [0.3, 0.4) is 0 Å². The van der Waals surface area contributed by atoms with Crippen LogP contribution in [0.2, 0.25) is 0 Å². The number of carboxylic acid groups (broad SMARTS) is 1. The molecular formula is C25H23FN4O3. The molecule has 1 aromatic carbocycles. The van der Waals surface area contributed by atoms with E-state index in [0.29, 0.717) is 25.1 Å². The van der Waals surface area contributed by atoms with E-state index in [4.69, 9.17) is 5.11 Å². The quantitative estimate of drug-likeness (QED) is 0.523. The molecule has 3 heterocycles. The first kappa shape index (κ1) is 20.8. The maximum atomic E-state index is 13.5. The molecule has 0 radical (unpaired) electrons. The number of aromatic hydroxyl groups is 1. The van der Waals surface area contributed by atoms with Crippen LogP contribution in [-0.2, 0) is 11.8 Å². The number of hydrogen-bond acceptors (Lipinski definition) is 4. The minimum atomic E-state index is -0.840. The van der Waals surface area contributed by atoms with Crippen LogP contribution in [0.1, 0.15) is 18.4 Å². The van der Waals surface area contributed by atoms with Crippen LogP contribution < -0.4 is 20.8 Å². The van der Waals surface area contributed by atoms with Gasteiger partial charge in [0.05, 0.1) is 22.3 Å². The predicted octanol–water partition coefficient (Wildman–Crippen LogP) is 2.07. The number of fused-ring (bicyclic) bond motifs is 2. The normalized spacial score (nSPS) is 14.5. The predicted molar refractivity (Wildman–Crippen MR) is 124 cm³/mol. The molecule has 0 spiro atoms. The molecule has 0 amide bonds. The summed E-state index contributed by atoms with van der Waals surface area (Å²) >= 11 is 0. The lowest BCUT2D eigenvalue weighted by Crippen LogP contribution is -2.39. The Hall–Kier alpha value is -4.07. The van der Waals surface area contributed by atoms with E-state index in [1.54, 1.807) is 12.1 Å². The van der Waals surface area contributed by atoms with E-state index in [1.807, 2.05) is 42.1 Å². The maximum absolute atomic E-state index is 13.5. The van der Waals surface area contributed by atoms with Gasteiger partial charge in [0, 0.05) is 54.6 Å². The van der Waals surface area contributed by atoms with Crippen molar-refractivity contribution in [1.29, 1.82) is 0 Å². The molecule has 7 nitrogen and oxygen atoms in total. The Bertz CT molecular complexity index is 1480. The van der Waals surface area contributed by atoms with Gasteiger partial charge >= 0.3 is 5.97 Å². The Labute approximate surface area is 188 Å². The van der Waals surface area contributed by atoms with Crippen molar-refractivity contribution >= 4 is 29.5 Å². The number of rotatable bonds is 5. The molecule has 1 aliphatic heterocycles. The molecule has 2 aliphatic rings. The third-order valence-electron chi connectivity index (χ3n) is 5.99. The topological polar surface area (TPSA) is 93.9 Å². The second-order valence-corrected chi connectivity index (χ2v) is 8.10. The van der Waals surface area contributed by atoms with Crippen LogP contribution in [0, 0.1) is 5.82 Å². The van der Waals surface area contributed by atoms with Gasteiger partial charge in [0.2, 0.25) is 0 Å². The number of hydrogen-bond donors (Lipinski definition) is 3. The third kappa shape index (κ3) is 3.63. The molecule has 0 saturated carbocycles. The zero-order valence-electron chi connectivity index (χ0n) is 18.0. The zero-order valence-corrected chi connectivity index (χ0v) is 18.0. The van der Waals surface area contributed by atoms with Gasteiger partial charge in [-0.2, -0.15) is 0 Å². The Morgan fingerprint density at radius 2 is 2.00 bits per heavy atom. The lowest BCUT2D eigenvalue weighted by Gasteiger charge is -2.26. The molecule has 0 saturated heterocycles. The van der Waals surface area contributed by atoms with E-state index in [1.165, 1.54) is 12.1 Å². The van der Waals surface area contributed by atoms with Gasteiger partial charge in [0.15, 0.2) is 5.88 Å². The van der Waals surface area contributed by atoms with Gasteiger partial charge in [0.1, 0.15) is 5.82 Å². The van der Waals surface area contributed by atoms with Crippen molar-refractivity contribution in [3.63, 3.8) is 0 Å². The lowest BCUT2D eigenvalue weighted by molar-refractivity contribution is -0.137. The lowest BCUT2D eigenvalue weighted by atomic mass is 10.1. The highest BCUT2D eigenvalue weighted by molar-refractivity contribution is 5.90. The standard InChI is InChI=1S/C25H23FN4O3/c1-29-13-10-18(27-12-2-3-21(31)32)17-8-9-20-22-19(28-25(33)23(22)24(17)29)11-14-30(20)16-6-4-15(26)5-7-16/h4-11,13,28,33H,2-3,12,14H2,1H3,(H,31,32). The summed E-state index contributed by atoms with van der Waals surface area (Å²) in [4.78, 5) is 20.6. The highest BCUT2D eigenvalue weighted by Gasteiger charge is 2.25. The summed E-state index contributed by atoms with van der Waals surface area (Å²) in [5, 5.41) is 22.2. The molecule has 0 atom stereocenters. The Morgan fingerprint density at radius 3 is 2.76 bits per heavy atom. The number of benzene rings is 1. The molecule has 2 aromatic heterocycles. The molecule has 3 aromatic rings. The second kappa shape index (κ2) is 8.12. The first-order chi connectivity index (χ1) is 15.9. The molecule has 168 valence electrons. The van der Waals surface area contributed by atoms with Crippen LogP contribution in [0.5, 0.6) is 5.88 Å². The molecular weight excluding hydrogens is 423 g/mol. The van der Waals surface area contributed by atoms with Crippen LogP contribution in [-0.4, -0.2) is 38.8 Å². The fourth-order valence-electron chi connectivity index (χ4n) is 4.47. The number of nitrogens with one attached hydrogen (secondary N) is 1. The summed E-state index contributed by atoms with van der Waals surface area (Å²) in [7, 11) is 1.91. The number of carbonyl (C=O) groups is 1. The smallest absolute Gasteiger partial charge is 0.303 e. The van der Waals surface area contributed by atoms with Crippen LogP contribution >= 0.6 is 0 Å². The summed E-state index contributed by atoms with van der Waals surface area (Å²) < 4.78 is 15.5. The maximum Gasteiger partial charge on any atom is 0.303 e. The third-order valence-corrected chi connectivity index (χ3v) is 5.99. The highest BCUT2D eigenvalue weighted by Crippen LogP contribution is 2.31. The van der Waals surface area contributed by atoms with Gasteiger partial charge in [-0.15, -0.1) is 0 Å². The first-order valence-corrected chi connectivity index (χ1v) is 10.7. The number of anilines is 1. The van der Waals surface area contributed by atoms with Crippen LogP contribution in [0.4, 0.5) is 10.1 Å². The number of aliphatic carboxylic acids is 1. The number of H-pyrrole nitrogens is 1. The number of carboxylic acids is 1. The molecule has 0 unspecified atom stereocenters. The average Bonchev–Trinajstić information content (AvgIpc) is 3.00. The monoisotopic (exact) mass is 446 g/mol. The van der Waals surface area contributed by atoms with Gasteiger partial charge in [-0.25, -0.2) is 4.39 Å². The number of aromatic nitrogens is 2. The fraction of sp³-hybridized carbons (Fsp3) is 0.200. The van der Waals surface area contributed by atoms with E-state index in [9.17, 15) is 14.3 Å². The van der Waals surface area contributed by atoms with Gasteiger partial charge in [-0.1, -0.05) is 0 Å². The summed E-state index contributed by atoms with van der Waals surface area (Å²) in [6, 6.07) is 8.24. The molecule has 8 heteroatoms. The highest BCUT2D eigenvalue weighted by atomic mass is 19.1. The molecule has 0 fully saturated rings. The Kier molecular flexibility index (Phi) is 5.12. The summed E-state index contributed by atoms with van der Waals surface area (Å²) in [6.07, 6.45) is 8.37. The first-order valence-electron chi connectivity index (χ1n) is 10.7. The van der Waals surface area contributed by atoms with E-state index in [2.05, 4.69) is 14.9 Å². The minimum absolute atomic E-state index is 0.0641. The number of pyridine rings is 1. The van der Waals surface area contributed by atoms with Gasteiger partial charge in [-0.3, -0.25) is 9.79 Å². The minimum Gasteiger partial charge on any atom is -0.494 e. The number of halogens is 1. The zero-order chi connectivity index (χ0) is 23.1. The summed E-state index contributed by atoms with van der Waals surface area (Å²) in [5.74, 6) is -1.07. The van der Waals surface area contributed by atoms with Crippen molar-refractivity contribution in [2.45, 2.75) is 12.8 Å².